The Balaban J connectivity index is 3.08. The van der Waals surface area contributed by atoms with Crippen molar-refractivity contribution in [3.05, 3.63) is 29.3 Å². The molecule has 0 atom stereocenters. The minimum absolute atomic E-state index is 0.281. The Bertz CT molecular complexity index is 531. The molecule has 5 nitrogen and oxygen atoms in total. The third kappa shape index (κ3) is 3.89. The third-order valence-corrected chi connectivity index (χ3v) is 3.63. The largest absolute Gasteiger partial charge is 0.355 e. The molecule has 18 heavy (non-hydrogen) atoms. The lowest BCUT2D eigenvalue weighted by molar-refractivity contribution is -0.119. The SMILES string of the molecule is CCNC(=O)CN(c1ccccc1Cl)S(C)(=O)=O. The van der Waals surface area contributed by atoms with E-state index < -0.39 is 10.0 Å². The molecule has 1 aromatic carbocycles. The molecular formula is C11H15ClN2O3S. The molecule has 1 N–H and O–H groups in total. The van der Waals surface area contributed by atoms with Crippen LogP contribution < -0.4 is 9.62 Å². The van der Waals surface area contributed by atoms with Crippen molar-refractivity contribution in [1.29, 1.82) is 0 Å². The normalized spacial score (nSPS) is 11.1. The van der Waals surface area contributed by atoms with Gasteiger partial charge in [0, 0.05) is 6.54 Å². The summed E-state index contributed by atoms with van der Waals surface area (Å²) in [5, 5.41) is 2.83. The number of benzene rings is 1. The van der Waals surface area contributed by atoms with E-state index in [1.54, 1.807) is 31.2 Å². The predicted molar refractivity (Wildman–Crippen MR) is 72.3 cm³/mol. The zero-order chi connectivity index (χ0) is 13.8. The van der Waals surface area contributed by atoms with Crippen molar-refractivity contribution < 1.29 is 13.2 Å². The van der Waals surface area contributed by atoms with Gasteiger partial charge >= 0.3 is 0 Å². The van der Waals surface area contributed by atoms with Crippen LogP contribution in [0.1, 0.15) is 6.92 Å². The van der Waals surface area contributed by atoms with Gasteiger partial charge in [-0.25, -0.2) is 8.42 Å². The van der Waals surface area contributed by atoms with Gasteiger partial charge in [0.25, 0.3) is 0 Å². The van der Waals surface area contributed by atoms with Crippen LogP contribution in [-0.2, 0) is 14.8 Å². The Morgan fingerprint density at radius 3 is 2.50 bits per heavy atom. The highest BCUT2D eigenvalue weighted by molar-refractivity contribution is 7.92. The van der Waals surface area contributed by atoms with Gasteiger partial charge in [0.05, 0.1) is 17.0 Å². The minimum atomic E-state index is -3.57. The Morgan fingerprint density at radius 1 is 1.39 bits per heavy atom. The first-order valence-electron chi connectivity index (χ1n) is 5.35. The van der Waals surface area contributed by atoms with Crippen LogP contribution in [0.3, 0.4) is 0 Å². The zero-order valence-electron chi connectivity index (χ0n) is 10.2. The van der Waals surface area contributed by atoms with Crippen molar-refractivity contribution in [3.63, 3.8) is 0 Å². The van der Waals surface area contributed by atoms with E-state index in [0.717, 1.165) is 10.6 Å². The Labute approximate surface area is 112 Å². The van der Waals surface area contributed by atoms with E-state index in [4.69, 9.17) is 11.6 Å². The fourth-order valence-corrected chi connectivity index (χ4v) is 2.57. The van der Waals surface area contributed by atoms with E-state index in [9.17, 15) is 13.2 Å². The average molecular weight is 291 g/mol. The number of carbonyl (C=O) groups is 1. The van der Waals surface area contributed by atoms with Gasteiger partial charge in [0.15, 0.2) is 0 Å². The molecule has 7 heteroatoms. The Kier molecular flexibility index (Phi) is 4.98. The molecule has 100 valence electrons. The average Bonchev–Trinajstić information content (AvgIpc) is 2.26. The summed E-state index contributed by atoms with van der Waals surface area (Å²) in [6.45, 7) is 1.92. The number of carbonyl (C=O) groups excluding carboxylic acids is 1. The molecule has 0 radical (unpaired) electrons. The van der Waals surface area contributed by atoms with Crippen LogP contribution in [0.15, 0.2) is 24.3 Å². The molecule has 0 spiro atoms. The number of rotatable bonds is 5. The second-order valence-electron chi connectivity index (χ2n) is 3.67. The number of anilines is 1. The monoisotopic (exact) mass is 290 g/mol. The maximum atomic E-state index is 11.7. The van der Waals surface area contributed by atoms with Crippen LogP contribution in [0.25, 0.3) is 0 Å². The summed E-state index contributed by atoms with van der Waals surface area (Å²) in [6.07, 6.45) is 1.04. The fourth-order valence-electron chi connectivity index (χ4n) is 1.42. The van der Waals surface area contributed by atoms with Gasteiger partial charge in [-0.1, -0.05) is 23.7 Å². The molecule has 1 rings (SSSR count). The second kappa shape index (κ2) is 6.06. The van der Waals surface area contributed by atoms with Crippen LogP contribution >= 0.6 is 11.6 Å². The number of nitrogens with zero attached hydrogens (tertiary/aromatic N) is 1. The lowest BCUT2D eigenvalue weighted by Crippen LogP contribution is -2.40. The predicted octanol–water partition coefficient (Wildman–Crippen LogP) is 1.24. The van der Waals surface area contributed by atoms with Crippen molar-refractivity contribution in [2.75, 3.05) is 23.7 Å². The number of halogens is 1. The second-order valence-corrected chi connectivity index (χ2v) is 5.99. The maximum absolute atomic E-state index is 11.7. The van der Waals surface area contributed by atoms with Gasteiger partial charge in [-0.05, 0) is 19.1 Å². The standard InChI is InChI=1S/C11H15ClN2O3S/c1-3-13-11(15)8-14(18(2,16)17)10-7-5-4-6-9(10)12/h4-7H,3,8H2,1-2H3,(H,13,15). The van der Waals surface area contributed by atoms with Gasteiger partial charge in [-0.3, -0.25) is 9.10 Å². The number of amides is 1. The summed E-state index contributed by atoms with van der Waals surface area (Å²) in [7, 11) is -3.57. The highest BCUT2D eigenvalue weighted by Crippen LogP contribution is 2.26. The maximum Gasteiger partial charge on any atom is 0.240 e. The summed E-state index contributed by atoms with van der Waals surface area (Å²) in [6, 6.07) is 6.49. The van der Waals surface area contributed by atoms with Crippen LogP contribution in [0.2, 0.25) is 5.02 Å². The molecule has 0 unspecified atom stereocenters. The van der Waals surface area contributed by atoms with Gasteiger partial charge in [-0.2, -0.15) is 0 Å². The number of nitrogens with one attached hydrogen (secondary N) is 1. The van der Waals surface area contributed by atoms with Crippen LogP contribution in [0.4, 0.5) is 5.69 Å². The molecule has 0 saturated heterocycles. The summed E-state index contributed by atoms with van der Waals surface area (Å²) < 4.78 is 24.4. The molecule has 0 heterocycles. The van der Waals surface area contributed by atoms with E-state index in [2.05, 4.69) is 5.32 Å². The quantitative estimate of drug-likeness (QED) is 0.887. The summed E-state index contributed by atoms with van der Waals surface area (Å²) in [4.78, 5) is 11.5. The van der Waals surface area contributed by atoms with Crippen molar-refractivity contribution >= 4 is 33.2 Å². The number of hydrogen-bond donors (Lipinski definition) is 1. The van der Waals surface area contributed by atoms with Crippen LogP contribution in [-0.4, -0.2) is 33.7 Å². The molecule has 0 saturated carbocycles. The van der Waals surface area contributed by atoms with Crippen molar-refractivity contribution in [1.82, 2.24) is 5.32 Å². The van der Waals surface area contributed by atoms with Crippen molar-refractivity contribution in [2.45, 2.75) is 6.92 Å². The fraction of sp³-hybridized carbons (Fsp3) is 0.364. The lowest BCUT2D eigenvalue weighted by atomic mass is 10.3. The van der Waals surface area contributed by atoms with Crippen LogP contribution in [0.5, 0.6) is 0 Å². The summed E-state index contributed by atoms with van der Waals surface area (Å²) in [5.41, 5.74) is 0.299. The Hall–Kier alpha value is -1.27. The highest BCUT2D eigenvalue weighted by atomic mass is 35.5. The molecule has 0 bridgehead atoms. The molecule has 0 aliphatic rings. The molecular weight excluding hydrogens is 276 g/mol. The number of sulfonamides is 1. The molecule has 0 aliphatic heterocycles. The number of likely N-dealkylation sites (N-methyl/N-ethyl adjacent to an activating group) is 1. The van der Waals surface area contributed by atoms with E-state index in [-0.39, 0.29) is 17.5 Å². The van der Waals surface area contributed by atoms with Gasteiger partial charge in [0.1, 0.15) is 6.54 Å². The van der Waals surface area contributed by atoms with Gasteiger partial charge in [-0.15, -0.1) is 0 Å². The van der Waals surface area contributed by atoms with Gasteiger partial charge in [0.2, 0.25) is 15.9 Å². The van der Waals surface area contributed by atoms with E-state index in [1.807, 2.05) is 0 Å². The zero-order valence-corrected chi connectivity index (χ0v) is 11.8. The smallest absolute Gasteiger partial charge is 0.240 e. The first kappa shape index (κ1) is 14.8. The topological polar surface area (TPSA) is 66.5 Å². The third-order valence-electron chi connectivity index (χ3n) is 2.18. The van der Waals surface area contributed by atoms with Gasteiger partial charge < -0.3 is 5.32 Å². The Morgan fingerprint density at radius 2 is 2.00 bits per heavy atom. The first-order chi connectivity index (χ1) is 8.36. The molecule has 0 aliphatic carbocycles. The summed E-state index contributed by atoms with van der Waals surface area (Å²) in [5.74, 6) is -0.372. The number of para-hydroxylation sites is 1. The number of hydrogen-bond acceptors (Lipinski definition) is 3. The van der Waals surface area contributed by atoms with E-state index in [0.29, 0.717) is 12.2 Å². The van der Waals surface area contributed by atoms with Crippen molar-refractivity contribution in [2.24, 2.45) is 0 Å². The van der Waals surface area contributed by atoms with Crippen LogP contribution in [0, 0.1) is 0 Å². The molecule has 0 fully saturated rings. The first-order valence-corrected chi connectivity index (χ1v) is 7.57. The molecule has 1 amide bonds. The summed E-state index contributed by atoms with van der Waals surface area (Å²) >= 11 is 5.95. The highest BCUT2D eigenvalue weighted by Gasteiger charge is 2.22. The van der Waals surface area contributed by atoms with Crippen molar-refractivity contribution in [3.8, 4) is 0 Å². The minimum Gasteiger partial charge on any atom is -0.355 e. The van der Waals surface area contributed by atoms with E-state index >= 15 is 0 Å². The molecule has 1 aromatic rings. The van der Waals surface area contributed by atoms with E-state index in [1.165, 1.54) is 0 Å². The molecule has 0 aromatic heterocycles. The lowest BCUT2D eigenvalue weighted by Gasteiger charge is -2.22.